The highest BCUT2D eigenvalue weighted by molar-refractivity contribution is 5.76. The van der Waals surface area contributed by atoms with Gasteiger partial charge in [0.1, 0.15) is 6.04 Å². The lowest BCUT2D eigenvalue weighted by atomic mass is 9.95. The molecule has 3 atom stereocenters. The molecule has 1 heterocycles. The zero-order valence-electron chi connectivity index (χ0n) is 8.27. The Kier molecular flexibility index (Phi) is 2.68. The molecule has 0 bridgehead atoms. The number of carbonyl (C=O) groups excluding carboxylic acids is 1. The summed E-state index contributed by atoms with van der Waals surface area (Å²) in [5, 5.41) is 3.26. The highest BCUT2D eigenvalue weighted by Crippen LogP contribution is 2.25. The summed E-state index contributed by atoms with van der Waals surface area (Å²) in [6.07, 6.45) is 9.16. The standard InChI is InChI=1S/C11H15NO2/c1-2-14-11(13)10-7-8-5-3-4-6-9(8)12-10/h3-6,8-10,12H,2,7H2,1H3. The number of allylic oxidation sites excluding steroid dienone is 2. The zero-order chi connectivity index (χ0) is 9.97. The van der Waals surface area contributed by atoms with E-state index in [2.05, 4.69) is 17.5 Å². The van der Waals surface area contributed by atoms with E-state index in [1.807, 2.05) is 19.1 Å². The monoisotopic (exact) mass is 193 g/mol. The van der Waals surface area contributed by atoms with Crippen LogP contribution in [0.15, 0.2) is 24.3 Å². The molecule has 0 saturated carbocycles. The maximum absolute atomic E-state index is 11.5. The van der Waals surface area contributed by atoms with E-state index in [-0.39, 0.29) is 12.0 Å². The maximum atomic E-state index is 11.5. The van der Waals surface area contributed by atoms with E-state index in [0.717, 1.165) is 6.42 Å². The van der Waals surface area contributed by atoms with Gasteiger partial charge in [-0.15, -0.1) is 0 Å². The molecule has 0 amide bonds. The van der Waals surface area contributed by atoms with Crippen LogP contribution in [0.25, 0.3) is 0 Å². The average molecular weight is 193 g/mol. The number of nitrogens with one attached hydrogen (secondary N) is 1. The molecule has 0 aromatic carbocycles. The third kappa shape index (κ3) is 1.73. The molecule has 0 aromatic rings. The quantitative estimate of drug-likeness (QED) is 0.665. The minimum Gasteiger partial charge on any atom is -0.465 e. The zero-order valence-corrected chi connectivity index (χ0v) is 8.27. The minimum atomic E-state index is -0.127. The Balaban J connectivity index is 1.97. The Hall–Kier alpha value is -1.09. The Morgan fingerprint density at radius 2 is 2.29 bits per heavy atom. The van der Waals surface area contributed by atoms with E-state index in [1.54, 1.807) is 0 Å². The predicted molar refractivity (Wildman–Crippen MR) is 53.7 cm³/mol. The van der Waals surface area contributed by atoms with Gasteiger partial charge in [-0.25, -0.2) is 0 Å². The van der Waals surface area contributed by atoms with E-state index in [9.17, 15) is 4.79 Å². The smallest absolute Gasteiger partial charge is 0.323 e. The number of carbonyl (C=O) groups is 1. The number of fused-ring (bicyclic) bond motifs is 1. The lowest BCUT2D eigenvalue weighted by molar-refractivity contribution is -0.145. The minimum absolute atomic E-state index is 0.122. The first kappa shape index (κ1) is 9.46. The lowest BCUT2D eigenvalue weighted by Gasteiger charge is -2.13. The van der Waals surface area contributed by atoms with Crippen LogP contribution >= 0.6 is 0 Å². The molecule has 1 aliphatic carbocycles. The number of esters is 1. The lowest BCUT2D eigenvalue weighted by Crippen LogP contribution is -2.36. The Bertz CT molecular complexity index is 263. The van der Waals surface area contributed by atoms with Crippen molar-refractivity contribution in [1.82, 2.24) is 5.32 Å². The molecule has 14 heavy (non-hydrogen) atoms. The summed E-state index contributed by atoms with van der Waals surface area (Å²) < 4.78 is 4.98. The Morgan fingerprint density at radius 3 is 3.00 bits per heavy atom. The molecule has 2 aliphatic rings. The molecule has 1 fully saturated rings. The second kappa shape index (κ2) is 3.96. The second-order valence-corrected chi connectivity index (χ2v) is 3.67. The van der Waals surface area contributed by atoms with Gasteiger partial charge in [-0.1, -0.05) is 24.3 Å². The van der Waals surface area contributed by atoms with Gasteiger partial charge in [-0.05, 0) is 19.3 Å². The summed E-state index contributed by atoms with van der Waals surface area (Å²) in [4.78, 5) is 11.5. The highest BCUT2D eigenvalue weighted by Gasteiger charge is 2.35. The molecule has 3 unspecified atom stereocenters. The summed E-state index contributed by atoms with van der Waals surface area (Å²) in [7, 11) is 0. The SMILES string of the molecule is CCOC(=O)C1CC2C=CC=CC2N1. The van der Waals surface area contributed by atoms with Gasteiger partial charge >= 0.3 is 5.97 Å². The van der Waals surface area contributed by atoms with Crippen LogP contribution in [0.5, 0.6) is 0 Å². The second-order valence-electron chi connectivity index (χ2n) is 3.67. The maximum Gasteiger partial charge on any atom is 0.323 e. The van der Waals surface area contributed by atoms with Crippen molar-refractivity contribution in [3.63, 3.8) is 0 Å². The average Bonchev–Trinajstić information content (AvgIpc) is 2.61. The van der Waals surface area contributed by atoms with Gasteiger partial charge in [0.2, 0.25) is 0 Å². The van der Waals surface area contributed by atoms with Crippen molar-refractivity contribution in [2.24, 2.45) is 5.92 Å². The van der Waals surface area contributed by atoms with Gasteiger partial charge in [-0.3, -0.25) is 10.1 Å². The fourth-order valence-electron chi connectivity index (χ4n) is 2.04. The van der Waals surface area contributed by atoms with Gasteiger partial charge in [-0.2, -0.15) is 0 Å². The molecule has 0 spiro atoms. The summed E-state index contributed by atoms with van der Waals surface area (Å²) in [6, 6.07) is 0.187. The van der Waals surface area contributed by atoms with Crippen LogP contribution < -0.4 is 5.32 Å². The van der Waals surface area contributed by atoms with Gasteiger partial charge in [0, 0.05) is 6.04 Å². The summed E-state index contributed by atoms with van der Waals surface area (Å²) in [6.45, 7) is 2.29. The molecule has 1 saturated heterocycles. The van der Waals surface area contributed by atoms with Gasteiger partial charge < -0.3 is 4.74 Å². The molecule has 3 heteroatoms. The molecule has 3 nitrogen and oxygen atoms in total. The predicted octanol–water partition coefficient (Wildman–Crippen LogP) is 1.02. The molecule has 2 rings (SSSR count). The van der Waals surface area contributed by atoms with Crippen molar-refractivity contribution in [3.05, 3.63) is 24.3 Å². The number of hydrogen-bond donors (Lipinski definition) is 1. The molecular formula is C11H15NO2. The fourth-order valence-corrected chi connectivity index (χ4v) is 2.04. The van der Waals surface area contributed by atoms with E-state index in [0.29, 0.717) is 18.6 Å². The van der Waals surface area contributed by atoms with Gasteiger partial charge in [0.05, 0.1) is 6.61 Å². The summed E-state index contributed by atoms with van der Waals surface area (Å²) >= 11 is 0. The summed E-state index contributed by atoms with van der Waals surface area (Å²) in [5.74, 6) is 0.332. The fraction of sp³-hybridized carbons (Fsp3) is 0.545. The van der Waals surface area contributed by atoms with Gasteiger partial charge in [0.15, 0.2) is 0 Å². The largest absolute Gasteiger partial charge is 0.465 e. The highest BCUT2D eigenvalue weighted by atomic mass is 16.5. The number of rotatable bonds is 2. The Morgan fingerprint density at radius 1 is 1.50 bits per heavy atom. The van der Waals surface area contributed by atoms with Crippen molar-refractivity contribution in [2.45, 2.75) is 25.4 Å². The van der Waals surface area contributed by atoms with Crippen LogP contribution in [0.3, 0.4) is 0 Å². The molecule has 1 aliphatic heterocycles. The van der Waals surface area contributed by atoms with Gasteiger partial charge in [0.25, 0.3) is 0 Å². The molecular weight excluding hydrogens is 178 g/mol. The van der Waals surface area contributed by atoms with E-state index < -0.39 is 0 Å². The first-order valence-corrected chi connectivity index (χ1v) is 5.09. The number of hydrogen-bond acceptors (Lipinski definition) is 3. The van der Waals surface area contributed by atoms with Crippen molar-refractivity contribution < 1.29 is 9.53 Å². The van der Waals surface area contributed by atoms with Crippen molar-refractivity contribution in [3.8, 4) is 0 Å². The first-order chi connectivity index (χ1) is 6.81. The van der Waals surface area contributed by atoms with Crippen molar-refractivity contribution >= 4 is 5.97 Å². The first-order valence-electron chi connectivity index (χ1n) is 5.09. The van der Waals surface area contributed by atoms with E-state index in [4.69, 9.17) is 4.74 Å². The van der Waals surface area contributed by atoms with Crippen molar-refractivity contribution in [2.75, 3.05) is 6.61 Å². The van der Waals surface area contributed by atoms with Crippen LogP contribution in [0.4, 0.5) is 0 Å². The summed E-state index contributed by atoms with van der Waals surface area (Å²) in [5.41, 5.74) is 0. The van der Waals surface area contributed by atoms with Crippen LogP contribution in [0.2, 0.25) is 0 Å². The molecule has 0 aromatic heterocycles. The third-order valence-corrected chi connectivity index (χ3v) is 2.72. The topological polar surface area (TPSA) is 38.3 Å². The van der Waals surface area contributed by atoms with E-state index >= 15 is 0 Å². The van der Waals surface area contributed by atoms with Crippen LogP contribution in [0.1, 0.15) is 13.3 Å². The molecule has 76 valence electrons. The molecule has 1 N–H and O–H groups in total. The van der Waals surface area contributed by atoms with Crippen LogP contribution in [-0.2, 0) is 9.53 Å². The Labute approximate surface area is 83.8 Å². The van der Waals surface area contributed by atoms with Crippen LogP contribution in [-0.4, -0.2) is 24.7 Å². The third-order valence-electron chi connectivity index (χ3n) is 2.72. The van der Waals surface area contributed by atoms with Crippen LogP contribution in [0, 0.1) is 5.92 Å². The van der Waals surface area contributed by atoms with E-state index in [1.165, 1.54) is 0 Å². The number of ether oxygens (including phenoxy) is 1. The molecule has 0 radical (unpaired) electrons. The van der Waals surface area contributed by atoms with Crippen molar-refractivity contribution in [1.29, 1.82) is 0 Å². The normalized spacial score (nSPS) is 34.2.